The van der Waals surface area contributed by atoms with Gasteiger partial charge in [-0.2, -0.15) is 0 Å². The van der Waals surface area contributed by atoms with E-state index in [1.54, 1.807) is 18.2 Å². The van der Waals surface area contributed by atoms with E-state index in [2.05, 4.69) is 4.98 Å². The molecule has 110 valence electrons. The number of ether oxygens (including phenoxy) is 1. The van der Waals surface area contributed by atoms with Crippen LogP contribution in [0.2, 0.25) is 0 Å². The molecule has 0 spiro atoms. The van der Waals surface area contributed by atoms with Gasteiger partial charge in [-0.15, -0.1) is 0 Å². The van der Waals surface area contributed by atoms with Gasteiger partial charge in [-0.1, -0.05) is 0 Å². The number of hydrogen-bond donors (Lipinski definition) is 1. The third-order valence-corrected chi connectivity index (χ3v) is 3.13. The lowest BCUT2D eigenvalue weighted by Crippen LogP contribution is -1.98. The zero-order valence-corrected chi connectivity index (χ0v) is 11.6. The van der Waals surface area contributed by atoms with Crippen molar-refractivity contribution in [1.82, 2.24) is 4.98 Å². The van der Waals surface area contributed by atoms with E-state index in [0.717, 1.165) is 10.9 Å². The number of carbonyl (C=O) groups is 1. The summed E-state index contributed by atoms with van der Waals surface area (Å²) in [6, 6.07) is 9.39. The molecule has 1 N–H and O–H groups in total. The highest BCUT2D eigenvalue weighted by Crippen LogP contribution is 2.25. The van der Waals surface area contributed by atoms with Crippen LogP contribution >= 0.6 is 0 Å². The Labute approximate surface area is 124 Å². The summed E-state index contributed by atoms with van der Waals surface area (Å²) >= 11 is 0. The van der Waals surface area contributed by atoms with Crippen molar-refractivity contribution in [1.29, 1.82) is 0 Å². The topological polar surface area (TPSA) is 89.6 Å². The molecule has 0 amide bonds. The van der Waals surface area contributed by atoms with Crippen LogP contribution in [0.3, 0.4) is 0 Å². The molecule has 22 heavy (non-hydrogen) atoms. The van der Waals surface area contributed by atoms with E-state index in [4.69, 9.17) is 14.3 Å². The van der Waals surface area contributed by atoms with Gasteiger partial charge in [0.25, 0.3) is 0 Å². The molecule has 0 aliphatic heterocycles. The quantitative estimate of drug-likeness (QED) is 0.747. The van der Waals surface area contributed by atoms with Crippen molar-refractivity contribution >= 4 is 16.9 Å². The zero-order valence-electron chi connectivity index (χ0n) is 11.6. The molecule has 2 heterocycles. The Morgan fingerprint density at radius 1 is 1.23 bits per heavy atom. The number of aromatic carboxylic acids is 1. The Bertz CT molecular complexity index is 912. The molecule has 0 saturated carbocycles. The molecule has 0 unspecified atom stereocenters. The molecular formula is C16H11NO5. The Morgan fingerprint density at radius 2 is 2.05 bits per heavy atom. The van der Waals surface area contributed by atoms with Crippen molar-refractivity contribution in [2.75, 3.05) is 0 Å². The first-order chi connectivity index (χ1) is 10.5. The second-order valence-electron chi connectivity index (χ2n) is 4.70. The first-order valence-electron chi connectivity index (χ1n) is 6.44. The molecule has 0 radical (unpaired) electrons. The number of pyridine rings is 1. The highest BCUT2D eigenvalue weighted by atomic mass is 16.5. The maximum absolute atomic E-state index is 11.4. The van der Waals surface area contributed by atoms with Crippen molar-refractivity contribution in [2.45, 2.75) is 6.92 Å². The van der Waals surface area contributed by atoms with Crippen molar-refractivity contribution in [3.05, 3.63) is 64.1 Å². The molecule has 3 rings (SSSR count). The van der Waals surface area contributed by atoms with Gasteiger partial charge in [-0.05, 0) is 30.7 Å². The fraction of sp³-hybridized carbons (Fsp3) is 0.0625. The minimum atomic E-state index is -1.05. The molecule has 2 aromatic heterocycles. The van der Waals surface area contributed by atoms with E-state index in [9.17, 15) is 9.59 Å². The molecule has 0 bridgehead atoms. The summed E-state index contributed by atoms with van der Waals surface area (Å²) in [5.74, 6) is -0.363. The van der Waals surface area contributed by atoms with E-state index >= 15 is 0 Å². The fourth-order valence-electron chi connectivity index (χ4n) is 2.06. The second kappa shape index (κ2) is 5.33. The summed E-state index contributed by atoms with van der Waals surface area (Å²) in [6.07, 6.45) is 1.21. The maximum atomic E-state index is 11.4. The van der Waals surface area contributed by atoms with E-state index in [0.29, 0.717) is 11.3 Å². The number of carboxylic acids is 1. The van der Waals surface area contributed by atoms with E-state index in [-0.39, 0.29) is 11.4 Å². The van der Waals surface area contributed by atoms with Gasteiger partial charge in [0.2, 0.25) is 5.88 Å². The van der Waals surface area contributed by atoms with Crippen LogP contribution in [0.25, 0.3) is 11.0 Å². The van der Waals surface area contributed by atoms with Crippen molar-refractivity contribution in [2.24, 2.45) is 0 Å². The third kappa shape index (κ3) is 2.67. The van der Waals surface area contributed by atoms with Gasteiger partial charge in [-0.25, -0.2) is 14.6 Å². The molecule has 0 aliphatic carbocycles. The van der Waals surface area contributed by atoms with Crippen LogP contribution < -0.4 is 10.4 Å². The van der Waals surface area contributed by atoms with Gasteiger partial charge in [0, 0.05) is 29.8 Å². The standard InChI is InChI=1S/C16H11NO5/c1-9-6-15(18)22-13-7-11(3-4-12(9)13)21-14-5-2-10(8-17-14)16(19)20/h2-8H,1H3,(H,19,20). The van der Waals surface area contributed by atoms with Gasteiger partial charge in [0.05, 0.1) is 5.56 Å². The number of fused-ring (bicyclic) bond motifs is 1. The number of nitrogens with zero attached hydrogens (tertiary/aromatic N) is 1. The van der Waals surface area contributed by atoms with E-state index in [1.165, 1.54) is 24.4 Å². The minimum Gasteiger partial charge on any atom is -0.478 e. The highest BCUT2D eigenvalue weighted by molar-refractivity contribution is 5.87. The molecule has 6 heteroatoms. The number of hydrogen-bond acceptors (Lipinski definition) is 5. The molecular weight excluding hydrogens is 286 g/mol. The van der Waals surface area contributed by atoms with Crippen LogP contribution in [0.1, 0.15) is 15.9 Å². The fourth-order valence-corrected chi connectivity index (χ4v) is 2.06. The average Bonchev–Trinajstić information content (AvgIpc) is 2.47. The largest absolute Gasteiger partial charge is 0.478 e. The molecule has 3 aromatic rings. The molecule has 0 saturated heterocycles. The third-order valence-electron chi connectivity index (χ3n) is 3.13. The summed E-state index contributed by atoms with van der Waals surface area (Å²) in [6.45, 7) is 1.83. The second-order valence-corrected chi connectivity index (χ2v) is 4.70. The van der Waals surface area contributed by atoms with Crippen LogP contribution in [0.5, 0.6) is 11.6 Å². The summed E-state index contributed by atoms with van der Waals surface area (Å²) in [4.78, 5) is 26.1. The summed E-state index contributed by atoms with van der Waals surface area (Å²) in [7, 11) is 0. The van der Waals surface area contributed by atoms with Crippen LogP contribution in [0.4, 0.5) is 0 Å². The Kier molecular flexibility index (Phi) is 3.34. The first-order valence-corrected chi connectivity index (χ1v) is 6.44. The lowest BCUT2D eigenvalue weighted by atomic mass is 10.1. The maximum Gasteiger partial charge on any atom is 0.337 e. The summed E-state index contributed by atoms with van der Waals surface area (Å²) in [5, 5.41) is 9.63. The normalized spacial score (nSPS) is 10.6. The Hall–Kier alpha value is -3.15. The van der Waals surface area contributed by atoms with Crippen LogP contribution in [-0.4, -0.2) is 16.1 Å². The lowest BCUT2D eigenvalue weighted by Gasteiger charge is -2.06. The smallest absolute Gasteiger partial charge is 0.337 e. The lowest BCUT2D eigenvalue weighted by molar-refractivity contribution is 0.0696. The number of aromatic nitrogens is 1. The van der Waals surface area contributed by atoms with Gasteiger partial charge in [0.1, 0.15) is 11.3 Å². The van der Waals surface area contributed by atoms with Crippen molar-refractivity contribution in [3.63, 3.8) is 0 Å². The number of carboxylic acid groups (broad SMARTS) is 1. The van der Waals surface area contributed by atoms with Crippen molar-refractivity contribution < 1.29 is 19.1 Å². The first kappa shape index (κ1) is 13.8. The molecule has 0 fully saturated rings. The monoisotopic (exact) mass is 297 g/mol. The number of aryl methyl sites for hydroxylation is 1. The molecule has 0 aliphatic rings. The number of rotatable bonds is 3. The molecule has 6 nitrogen and oxygen atoms in total. The predicted octanol–water partition coefficient (Wildman–Crippen LogP) is 2.99. The zero-order chi connectivity index (χ0) is 15.7. The minimum absolute atomic E-state index is 0.0764. The predicted molar refractivity (Wildman–Crippen MR) is 78.5 cm³/mol. The molecule has 0 atom stereocenters. The Balaban J connectivity index is 1.93. The van der Waals surface area contributed by atoms with E-state index < -0.39 is 11.6 Å². The van der Waals surface area contributed by atoms with Gasteiger partial charge < -0.3 is 14.3 Å². The average molecular weight is 297 g/mol. The number of benzene rings is 1. The van der Waals surface area contributed by atoms with Gasteiger partial charge >= 0.3 is 11.6 Å². The van der Waals surface area contributed by atoms with Crippen LogP contribution in [0.15, 0.2) is 51.8 Å². The summed E-state index contributed by atoms with van der Waals surface area (Å²) < 4.78 is 10.7. The van der Waals surface area contributed by atoms with Crippen molar-refractivity contribution in [3.8, 4) is 11.6 Å². The van der Waals surface area contributed by atoms with Gasteiger partial charge in [-0.3, -0.25) is 0 Å². The van der Waals surface area contributed by atoms with Gasteiger partial charge in [0.15, 0.2) is 0 Å². The molecule has 1 aromatic carbocycles. The van der Waals surface area contributed by atoms with Crippen LogP contribution in [-0.2, 0) is 0 Å². The Morgan fingerprint density at radius 3 is 2.73 bits per heavy atom. The van der Waals surface area contributed by atoms with Crippen LogP contribution in [0, 0.1) is 6.92 Å². The van der Waals surface area contributed by atoms with E-state index in [1.807, 2.05) is 6.92 Å². The summed E-state index contributed by atoms with van der Waals surface area (Å²) in [5.41, 5.74) is 0.893. The highest BCUT2D eigenvalue weighted by Gasteiger charge is 2.07. The SMILES string of the molecule is Cc1cc(=O)oc2cc(Oc3ccc(C(=O)O)cn3)ccc12.